The van der Waals surface area contributed by atoms with E-state index in [1.807, 2.05) is 24.4 Å². The number of rotatable bonds is 6. The molecule has 4 rings (SSSR count). The van der Waals surface area contributed by atoms with E-state index in [1.165, 1.54) is 18.5 Å². The Balaban J connectivity index is 1.34. The molecule has 140 valence electrons. The number of para-hydroxylation sites is 2. The topological polar surface area (TPSA) is 82.7 Å². The maximum absolute atomic E-state index is 13.7. The number of carbonyl (C=O) groups is 1. The van der Waals surface area contributed by atoms with Crippen LogP contribution in [0.2, 0.25) is 0 Å². The predicted molar refractivity (Wildman–Crippen MR) is 106 cm³/mol. The highest BCUT2D eigenvalue weighted by atomic mass is 19.1. The Labute approximate surface area is 160 Å². The van der Waals surface area contributed by atoms with Crippen LogP contribution < -0.4 is 10.6 Å². The van der Waals surface area contributed by atoms with Gasteiger partial charge in [-0.15, -0.1) is 0 Å². The summed E-state index contributed by atoms with van der Waals surface area (Å²) in [4.78, 5) is 23.7. The quantitative estimate of drug-likeness (QED) is 0.479. The van der Waals surface area contributed by atoms with Gasteiger partial charge in [0.2, 0.25) is 5.95 Å². The highest BCUT2D eigenvalue weighted by Crippen LogP contribution is 2.18. The van der Waals surface area contributed by atoms with E-state index in [-0.39, 0.29) is 17.5 Å². The van der Waals surface area contributed by atoms with Crippen LogP contribution in [-0.4, -0.2) is 27.4 Å². The van der Waals surface area contributed by atoms with Gasteiger partial charge in [-0.05, 0) is 30.2 Å². The van der Waals surface area contributed by atoms with E-state index < -0.39 is 5.82 Å². The monoisotopic (exact) mass is 375 g/mol. The van der Waals surface area contributed by atoms with Crippen LogP contribution in [0, 0.1) is 5.82 Å². The maximum atomic E-state index is 13.7. The molecule has 0 spiro atoms. The summed E-state index contributed by atoms with van der Waals surface area (Å²) >= 11 is 0. The van der Waals surface area contributed by atoms with Crippen molar-refractivity contribution in [1.82, 2.24) is 20.3 Å². The second kappa shape index (κ2) is 7.87. The summed E-state index contributed by atoms with van der Waals surface area (Å²) in [5, 5.41) is 6.81. The first-order valence-electron chi connectivity index (χ1n) is 8.87. The first-order chi connectivity index (χ1) is 13.7. The van der Waals surface area contributed by atoms with Gasteiger partial charge in [0, 0.05) is 36.0 Å². The molecule has 0 aliphatic heterocycles. The molecule has 0 aliphatic carbocycles. The Bertz CT molecular complexity index is 1110. The zero-order valence-electron chi connectivity index (χ0n) is 14.9. The summed E-state index contributed by atoms with van der Waals surface area (Å²) in [6, 6.07) is 14.3. The molecule has 0 atom stereocenters. The van der Waals surface area contributed by atoms with E-state index >= 15 is 0 Å². The van der Waals surface area contributed by atoms with Crippen LogP contribution in [0.15, 0.2) is 67.1 Å². The van der Waals surface area contributed by atoms with Crippen LogP contribution in [-0.2, 0) is 6.42 Å². The van der Waals surface area contributed by atoms with E-state index in [4.69, 9.17) is 0 Å². The molecular weight excluding hydrogens is 357 g/mol. The first kappa shape index (κ1) is 17.7. The summed E-state index contributed by atoms with van der Waals surface area (Å²) in [6.07, 6.45) is 5.50. The molecule has 3 N–H and O–H groups in total. The third kappa shape index (κ3) is 3.83. The highest BCUT2D eigenvalue weighted by Gasteiger charge is 2.09. The average molecular weight is 375 g/mol. The minimum absolute atomic E-state index is 0.223. The van der Waals surface area contributed by atoms with Crippen molar-refractivity contribution in [3.63, 3.8) is 0 Å². The number of anilines is 2. The number of nitrogens with zero attached hydrogens (tertiary/aromatic N) is 2. The van der Waals surface area contributed by atoms with Crippen molar-refractivity contribution in [3.8, 4) is 0 Å². The van der Waals surface area contributed by atoms with Crippen molar-refractivity contribution in [3.05, 3.63) is 84.1 Å². The van der Waals surface area contributed by atoms with Crippen LogP contribution >= 0.6 is 0 Å². The minimum Gasteiger partial charge on any atom is -0.361 e. The fourth-order valence-corrected chi connectivity index (χ4v) is 2.94. The van der Waals surface area contributed by atoms with Crippen LogP contribution in [0.5, 0.6) is 0 Å². The van der Waals surface area contributed by atoms with Crippen LogP contribution in [0.3, 0.4) is 0 Å². The molecular formula is C21H18FN5O. The molecule has 0 unspecified atom stereocenters. The number of carbonyl (C=O) groups excluding carboxylic acids is 1. The lowest BCUT2D eigenvalue weighted by Crippen LogP contribution is -2.26. The Morgan fingerprint density at radius 1 is 1.04 bits per heavy atom. The summed E-state index contributed by atoms with van der Waals surface area (Å²) in [5.74, 6) is -0.428. The lowest BCUT2D eigenvalue weighted by atomic mass is 10.1. The molecule has 2 aromatic heterocycles. The molecule has 28 heavy (non-hydrogen) atoms. The van der Waals surface area contributed by atoms with Crippen LogP contribution in [0.1, 0.15) is 15.9 Å². The second-order valence-corrected chi connectivity index (χ2v) is 6.27. The number of hydrogen-bond donors (Lipinski definition) is 3. The number of amides is 1. The van der Waals surface area contributed by atoms with Gasteiger partial charge in [-0.2, -0.15) is 0 Å². The summed E-state index contributed by atoms with van der Waals surface area (Å²) in [7, 11) is 0. The van der Waals surface area contributed by atoms with Gasteiger partial charge in [-0.1, -0.05) is 30.3 Å². The van der Waals surface area contributed by atoms with E-state index in [2.05, 4.69) is 31.7 Å². The van der Waals surface area contributed by atoms with Crippen molar-refractivity contribution >= 4 is 28.4 Å². The Morgan fingerprint density at radius 3 is 2.61 bits per heavy atom. The van der Waals surface area contributed by atoms with Gasteiger partial charge < -0.3 is 15.6 Å². The Hall–Kier alpha value is -3.74. The van der Waals surface area contributed by atoms with Gasteiger partial charge >= 0.3 is 0 Å². The Kier molecular flexibility index (Phi) is 4.97. The number of hydrogen-bond acceptors (Lipinski definition) is 4. The van der Waals surface area contributed by atoms with Gasteiger partial charge in [0.1, 0.15) is 5.82 Å². The van der Waals surface area contributed by atoms with Crippen LogP contribution in [0.25, 0.3) is 10.9 Å². The molecule has 2 aromatic carbocycles. The van der Waals surface area contributed by atoms with Gasteiger partial charge in [0.15, 0.2) is 0 Å². The van der Waals surface area contributed by atoms with E-state index in [9.17, 15) is 9.18 Å². The number of benzene rings is 2. The molecule has 0 saturated carbocycles. The van der Waals surface area contributed by atoms with Crippen LogP contribution in [0.4, 0.5) is 16.0 Å². The van der Waals surface area contributed by atoms with Crippen molar-refractivity contribution < 1.29 is 9.18 Å². The number of aromatic amines is 1. The van der Waals surface area contributed by atoms with Gasteiger partial charge in [-0.25, -0.2) is 14.4 Å². The molecule has 0 saturated heterocycles. The van der Waals surface area contributed by atoms with Crippen molar-refractivity contribution in [2.45, 2.75) is 6.42 Å². The van der Waals surface area contributed by atoms with Gasteiger partial charge in [0.05, 0.1) is 11.3 Å². The van der Waals surface area contributed by atoms with E-state index in [0.717, 1.165) is 16.5 Å². The maximum Gasteiger partial charge on any atom is 0.254 e. The number of fused-ring (bicyclic) bond motifs is 1. The van der Waals surface area contributed by atoms with Crippen molar-refractivity contribution in [1.29, 1.82) is 0 Å². The fraction of sp³-hybridized carbons (Fsp3) is 0.0952. The van der Waals surface area contributed by atoms with Gasteiger partial charge in [-0.3, -0.25) is 4.79 Å². The molecule has 0 bridgehead atoms. The molecule has 7 heteroatoms. The standard InChI is InChI=1S/C21H18FN5O/c22-17-6-2-4-8-19(17)27-21-25-12-15(13-26-21)20(28)23-10-9-14-11-24-18-7-3-1-5-16(14)18/h1-8,11-13,24H,9-10H2,(H,23,28)(H,25,26,27). The smallest absolute Gasteiger partial charge is 0.254 e. The average Bonchev–Trinajstić information content (AvgIpc) is 3.13. The van der Waals surface area contributed by atoms with E-state index in [1.54, 1.807) is 18.2 Å². The lowest BCUT2D eigenvalue weighted by molar-refractivity contribution is 0.0953. The molecule has 0 aliphatic rings. The van der Waals surface area contributed by atoms with E-state index in [0.29, 0.717) is 18.5 Å². The molecule has 2 heterocycles. The normalized spacial score (nSPS) is 10.8. The number of halogens is 1. The largest absolute Gasteiger partial charge is 0.361 e. The SMILES string of the molecule is O=C(NCCc1c[nH]c2ccccc12)c1cnc(Nc2ccccc2F)nc1. The van der Waals surface area contributed by atoms with Crippen molar-refractivity contribution in [2.24, 2.45) is 0 Å². The lowest BCUT2D eigenvalue weighted by Gasteiger charge is -2.07. The third-order valence-corrected chi connectivity index (χ3v) is 4.39. The first-order valence-corrected chi connectivity index (χ1v) is 8.87. The Morgan fingerprint density at radius 2 is 1.79 bits per heavy atom. The van der Waals surface area contributed by atoms with Gasteiger partial charge in [0.25, 0.3) is 5.91 Å². The number of H-pyrrole nitrogens is 1. The zero-order valence-corrected chi connectivity index (χ0v) is 14.9. The highest BCUT2D eigenvalue weighted by molar-refractivity contribution is 5.93. The summed E-state index contributed by atoms with van der Waals surface area (Å²) in [5.41, 5.74) is 2.85. The predicted octanol–water partition coefficient (Wildman–Crippen LogP) is 3.81. The fourth-order valence-electron chi connectivity index (χ4n) is 2.94. The summed E-state index contributed by atoms with van der Waals surface area (Å²) < 4.78 is 13.7. The zero-order chi connectivity index (χ0) is 19.3. The number of aromatic nitrogens is 3. The molecule has 1 amide bonds. The second-order valence-electron chi connectivity index (χ2n) is 6.27. The summed E-state index contributed by atoms with van der Waals surface area (Å²) in [6.45, 7) is 0.496. The molecule has 0 fully saturated rings. The molecule has 4 aromatic rings. The third-order valence-electron chi connectivity index (χ3n) is 4.39. The number of nitrogens with one attached hydrogen (secondary N) is 3. The molecule has 6 nitrogen and oxygen atoms in total. The van der Waals surface area contributed by atoms with Crippen molar-refractivity contribution in [2.75, 3.05) is 11.9 Å². The minimum atomic E-state index is -0.398. The molecule has 0 radical (unpaired) electrons.